The van der Waals surface area contributed by atoms with E-state index in [4.69, 9.17) is 4.42 Å². The first-order valence-corrected chi connectivity index (χ1v) is 9.68. The normalized spacial score (nSPS) is 15.6. The molecule has 2 atom stereocenters. The van der Waals surface area contributed by atoms with Gasteiger partial charge in [-0.3, -0.25) is 19.3 Å². The van der Waals surface area contributed by atoms with Gasteiger partial charge in [0.05, 0.1) is 17.4 Å². The number of imide groups is 1. The molecule has 0 saturated heterocycles. The van der Waals surface area contributed by atoms with Crippen LogP contribution in [0, 0.1) is 5.92 Å². The summed E-state index contributed by atoms with van der Waals surface area (Å²) in [6.45, 7) is 5.85. The minimum atomic E-state index is -0.821. The second-order valence-corrected chi connectivity index (χ2v) is 7.70. The SMILES string of the molecule is CC(C)CC(C(=O)NC(C)CCc1ccco1)N1C(=O)c2ccccc2C1=O. The van der Waals surface area contributed by atoms with Crippen molar-refractivity contribution in [3.05, 3.63) is 59.5 Å². The Morgan fingerprint density at radius 2 is 1.68 bits per heavy atom. The molecule has 1 N–H and O–H groups in total. The third-order valence-corrected chi connectivity index (χ3v) is 4.93. The van der Waals surface area contributed by atoms with Gasteiger partial charge in [0.2, 0.25) is 5.91 Å². The number of amides is 3. The van der Waals surface area contributed by atoms with Crippen molar-refractivity contribution >= 4 is 17.7 Å². The van der Waals surface area contributed by atoms with Crippen LogP contribution in [0.4, 0.5) is 0 Å². The molecule has 6 nitrogen and oxygen atoms in total. The quantitative estimate of drug-likeness (QED) is 0.710. The van der Waals surface area contributed by atoms with E-state index in [2.05, 4.69) is 5.32 Å². The van der Waals surface area contributed by atoms with Gasteiger partial charge in [-0.15, -0.1) is 0 Å². The highest BCUT2D eigenvalue weighted by molar-refractivity contribution is 6.22. The average Bonchev–Trinajstić information content (AvgIpc) is 3.26. The maximum Gasteiger partial charge on any atom is 0.262 e. The summed E-state index contributed by atoms with van der Waals surface area (Å²) in [5, 5.41) is 2.97. The summed E-state index contributed by atoms with van der Waals surface area (Å²) in [7, 11) is 0. The summed E-state index contributed by atoms with van der Waals surface area (Å²) in [5.41, 5.74) is 0.722. The van der Waals surface area contributed by atoms with E-state index in [9.17, 15) is 14.4 Å². The highest BCUT2D eigenvalue weighted by Crippen LogP contribution is 2.27. The average molecular weight is 382 g/mol. The molecule has 0 radical (unpaired) electrons. The summed E-state index contributed by atoms with van der Waals surface area (Å²) in [4.78, 5) is 39.8. The molecule has 0 fully saturated rings. The summed E-state index contributed by atoms with van der Waals surface area (Å²) in [6, 6.07) is 9.51. The minimum Gasteiger partial charge on any atom is -0.469 e. The van der Waals surface area contributed by atoms with Crippen LogP contribution < -0.4 is 5.32 Å². The number of carbonyl (C=O) groups is 3. The Morgan fingerprint density at radius 1 is 1.04 bits per heavy atom. The fourth-order valence-corrected chi connectivity index (χ4v) is 3.49. The molecular formula is C22H26N2O4. The zero-order valence-electron chi connectivity index (χ0n) is 16.5. The fourth-order valence-electron chi connectivity index (χ4n) is 3.49. The Morgan fingerprint density at radius 3 is 2.21 bits per heavy atom. The molecule has 6 heteroatoms. The van der Waals surface area contributed by atoms with Crippen molar-refractivity contribution in [3.8, 4) is 0 Å². The number of hydrogen-bond donors (Lipinski definition) is 1. The van der Waals surface area contributed by atoms with Gasteiger partial charge < -0.3 is 9.73 Å². The van der Waals surface area contributed by atoms with Crippen molar-refractivity contribution in [2.75, 3.05) is 0 Å². The lowest BCUT2D eigenvalue weighted by Crippen LogP contribution is -2.52. The minimum absolute atomic E-state index is 0.109. The highest BCUT2D eigenvalue weighted by atomic mass is 16.3. The first-order chi connectivity index (χ1) is 13.4. The fraction of sp³-hybridized carbons (Fsp3) is 0.409. The molecule has 1 aromatic heterocycles. The number of benzene rings is 1. The van der Waals surface area contributed by atoms with Crippen molar-refractivity contribution < 1.29 is 18.8 Å². The Balaban J connectivity index is 1.72. The molecule has 2 unspecified atom stereocenters. The molecule has 28 heavy (non-hydrogen) atoms. The van der Waals surface area contributed by atoms with Crippen LogP contribution >= 0.6 is 0 Å². The zero-order chi connectivity index (χ0) is 20.3. The van der Waals surface area contributed by atoms with Crippen molar-refractivity contribution in [3.63, 3.8) is 0 Å². The second kappa shape index (κ2) is 8.42. The topological polar surface area (TPSA) is 79.6 Å². The highest BCUT2D eigenvalue weighted by Gasteiger charge is 2.42. The molecular weight excluding hydrogens is 356 g/mol. The Bertz CT molecular complexity index is 822. The van der Waals surface area contributed by atoms with E-state index in [1.165, 1.54) is 0 Å². The molecule has 2 aromatic rings. The molecule has 0 spiro atoms. The van der Waals surface area contributed by atoms with E-state index in [1.54, 1.807) is 30.5 Å². The largest absolute Gasteiger partial charge is 0.469 e. The van der Waals surface area contributed by atoms with Gasteiger partial charge >= 0.3 is 0 Å². The van der Waals surface area contributed by atoms with Gasteiger partial charge in [0, 0.05) is 12.5 Å². The Hall–Kier alpha value is -2.89. The smallest absolute Gasteiger partial charge is 0.262 e. The van der Waals surface area contributed by atoms with E-state index in [0.29, 0.717) is 30.4 Å². The molecule has 1 aromatic carbocycles. The van der Waals surface area contributed by atoms with Crippen molar-refractivity contribution in [2.45, 2.75) is 52.1 Å². The monoisotopic (exact) mass is 382 g/mol. The first kappa shape index (κ1) is 19.9. The predicted molar refractivity (Wildman–Crippen MR) is 105 cm³/mol. The number of hydrogen-bond acceptors (Lipinski definition) is 4. The van der Waals surface area contributed by atoms with Gasteiger partial charge in [-0.05, 0) is 49.9 Å². The number of nitrogens with one attached hydrogen (secondary N) is 1. The standard InChI is InChI=1S/C22H26N2O4/c1-14(2)13-19(20(25)23-15(3)10-11-16-7-6-12-28-16)24-21(26)17-8-4-5-9-18(17)22(24)27/h4-9,12,14-15,19H,10-11,13H2,1-3H3,(H,23,25). The number of fused-ring (bicyclic) bond motifs is 1. The summed E-state index contributed by atoms with van der Waals surface area (Å²) in [5.74, 6) is -0.0805. The maximum atomic E-state index is 13.0. The lowest BCUT2D eigenvalue weighted by molar-refractivity contribution is -0.126. The number of aryl methyl sites for hydroxylation is 1. The molecule has 3 rings (SSSR count). The lowest BCUT2D eigenvalue weighted by atomic mass is 10.0. The number of carbonyl (C=O) groups excluding carboxylic acids is 3. The van der Waals surface area contributed by atoms with E-state index in [-0.39, 0.29) is 17.9 Å². The van der Waals surface area contributed by atoms with Crippen LogP contribution in [0.25, 0.3) is 0 Å². The third kappa shape index (κ3) is 4.16. The maximum absolute atomic E-state index is 13.0. The van der Waals surface area contributed by atoms with Crippen LogP contribution in [0.2, 0.25) is 0 Å². The van der Waals surface area contributed by atoms with Gasteiger partial charge in [-0.1, -0.05) is 26.0 Å². The van der Waals surface area contributed by atoms with Crippen LogP contribution in [-0.4, -0.2) is 34.7 Å². The second-order valence-electron chi connectivity index (χ2n) is 7.70. The number of rotatable bonds is 8. The van der Waals surface area contributed by atoms with E-state index < -0.39 is 17.9 Å². The Kier molecular flexibility index (Phi) is 5.97. The van der Waals surface area contributed by atoms with Gasteiger partial charge in [0.1, 0.15) is 11.8 Å². The Labute approximate surface area is 164 Å². The first-order valence-electron chi connectivity index (χ1n) is 9.68. The molecule has 0 aliphatic carbocycles. The van der Waals surface area contributed by atoms with E-state index in [0.717, 1.165) is 10.7 Å². The molecule has 148 valence electrons. The molecule has 3 amide bonds. The molecule has 1 aliphatic rings. The van der Waals surface area contributed by atoms with Crippen LogP contribution in [0.1, 0.15) is 60.1 Å². The van der Waals surface area contributed by atoms with Gasteiger partial charge in [0.25, 0.3) is 11.8 Å². The van der Waals surface area contributed by atoms with E-state index in [1.807, 2.05) is 32.9 Å². The summed E-state index contributed by atoms with van der Waals surface area (Å²) in [6.07, 6.45) is 3.45. The molecule has 2 heterocycles. The van der Waals surface area contributed by atoms with Crippen LogP contribution in [-0.2, 0) is 11.2 Å². The van der Waals surface area contributed by atoms with Crippen LogP contribution in [0.15, 0.2) is 47.1 Å². The van der Waals surface area contributed by atoms with Crippen LogP contribution in [0.3, 0.4) is 0 Å². The summed E-state index contributed by atoms with van der Waals surface area (Å²) < 4.78 is 5.32. The predicted octanol–water partition coefficient (Wildman–Crippen LogP) is 3.43. The number of furan rings is 1. The third-order valence-electron chi connectivity index (χ3n) is 4.93. The van der Waals surface area contributed by atoms with Crippen molar-refractivity contribution in [1.29, 1.82) is 0 Å². The van der Waals surface area contributed by atoms with Gasteiger partial charge in [-0.2, -0.15) is 0 Å². The lowest BCUT2D eigenvalue weighted by Gasteiger charge is -2.28. The molecule has 1 aliphatic heterocycles. The van der Waals surface area contributed by atoms with Crippen molar-refractivity contribution in [2.24, 2.45) is 5.92 Å². The zero-order valence-corrected chi connectivity index (χ0v) is 16.5. The van der Waals surface area contributed by atoms with Crippen molar-refractivity contribution in [1.82, 2.24) is 10.2 Å². The molecule has 0 bridgehead atoms. The summed E-state index contributed by atoms with van der Waals surface area (Å²) >= 11 is 0. The van der Waals surface area contributed by atoms with Gasteiger partial charge in [-0.25, -0.2) is 0 Å². The molecule has 0 saturated carbocycles. The van der Waals surface area contributed by atoms with E-state index >= 15 is 0 Å². The van der Waals surface area contributed by atoms with Crippen LogP contribution in [0.5, 0.6) is 0 Å². The van der Waals surface area contributed by atoms with Gasteiger partial charge in [0.15, 0.2) is 0 Å². The number of nitrogens with zero attached hydrogens (tertiary/aromatic N) is 1.